The average molecular weight is 294 g/mol. The molecule has 0 unspecified atom stereocenters. The minimum Gasteiger partial charge on any atom is -0.326 e. The van der Waals surface area contributed by atoms with E-state index in [1.165, 1.54) is 15.6 Å². The lowest BCUT2D eigenvalue weighted by Crippen LogP contribution is -2.41. The Hall–Kier alpha value is -0.280. The quantitative estimate of drug-likeness (QED) is 0.848. The Kier molecular flexibility index (Phi) is 3.99. The zero-order valence-electron chi connectivity index (χ0n) is 9.16. The van der Waals surface area contributed by atoms with Crippen molar-refractivity contribution in [3.63, 3.8) is 0 Å². The number of nitrogens with zero attached hydrogens (tertiary/aromatic N) is 1. The molecular weight excluding hydrogens is 280 g/mol. The van der Waals surface area contributed by atoms with Crippen LogP contribution in [0.2, 0.25) is 0 Å². The molecule has 17 heavy (non-hydrogen) atoms. The van der Waals surface area contributed by atoms with Crippen LogP contribution in [-0.2, 0) is 27.4 Å². The summed E-state index contributed by atoms with van der Waals surface area (Å²) in [5.74, 6) is 0.850. The Morgan fingerprint density at radius 3 is 2.53 bits per heavy atom. The summed E-state index contributed by atoms with van der Waals surface area (Å²) in [5, 5.41) is 0. The van der Waals surface area contributed by atoms with E-state index in [1.807, 2.05) is 0 Å². The number of hydrogen-bond donors (Lipinski definition) is 1. The molecule has 2 rings (SSSR count). The number of sulfonamides is 1. The number of thiophene rings is 1. The molecule has 0 amide bonds. The van der Waals surface area contributed by atoms with E-state index in [4.69, 9.17) is 5.73 Å². The van der Waals surface area contributed by atoms with E-state index in [2.05, 4.69) is 0 Å². The van der Waals surface area contributed by atoms with Crippen LogP contribution in [0.5, 0.6) is 0 Å². The zero-order chi connectivity index (χ0) is 12.5. The number of nitrogens with two attached hydrogens (primary N) is 1. The lowest BCUT2D eigenvalue weighted by molar-refractivity contribution is 0.440. The van der Waals surface area contributed by atoms with E-state index in [0.29, 0.717) is 35.3 Å². The molecule has 96 valence electrons. The van der Waals surface area contributed by atoms with Crippen LogP contribution in [0.25, 0.3) is 0 Å². The summed E-state index contributed by atoms with van der Waals surface area (Å²) in [4.78, 5) is 0.851. The third kappa shape index (κ3) is 2.76. The van der Waals surface area contributed by atoms with Crippen LogP contribution in [0.4, 0.5) is 0 Å². The van der Waals surface area contributed by atoms with Crippen molar-refractivity contribution in [3.8, 4) is 0 Å². The zero-order valence-corrected chi connectivity index (χ0v) is 11.6. The SMILES string of the molecule is NCc1ccc(S(=O)(=O)N2CCS(=O)CC2)s1. The standard InChI is InChI=1S/C9H14N2O3S3/c10-7-8-1-2-9(15-8)17(13,14)11-3-5-16(12)6-4-11/h1-2H,3-7,10H2. The topological polar surface area (TPSA) is 80.5 Å². The fourth-order valence-corrected chi connectivity index (χ4v) is 5.71. The molecule has 1 aliphatic rings. The van der Waals surface area contributed by atoms with Crippen molar-refractivity contribution in [3.05, 3.63) is 17.0 Å². The maximum absolute atomic E-state index is 12.2. The summed E-state index contributed by atoms with van der Waals surface area (Å²) in [6, 6.07) is 3.33. The van der Waals surface area contributed by atoms with Gasteiger partial charge in [0.05, 0.1) is 0 Å². The van der Waals surface area contributed by atoms with Gasteiger partial charge in [-0.3, -0.25) is 4.21 Å². The van der Waals surface area contributed by atoms with E-state index in [1.54, 1.807) is 12.1 Å². The molecule has 0 radical (unpaired) electrons. The van der Waals surface area contributed by atoms with Gasteiger partial charge in [0.2, 0.25) is 0 Å². The Labute approximate surface area is 107 Å². The van der Waals surface area contributed by atoms with Gasteiger partial charge in [-0.15, -0.1) is 11.3 Å². The van der Waals surface area contributed by atoms with Crippen LogP contribution in [-0.4, -0.2) is 41.5 Å². The molecule has 0 saturated carbocycles. The van der Waals surface area contributed by atoms with Crippen molar-refractivity contribution in [1.29, 1.82) is 0 Å². The Morgan fingerprint density at radius 1 is 1.35 bits per heavy atom. The summed E-state index contributed by atoms with van der Waals surface area (Å²) in [5.41, 5.74) is 5.46. The molecular formula is C9H14N2O3S3. The van der Waals surface area contributed by atoms with Crippen LogP contribution in [0.15, 0.2) is 16.3 Å². The van der Waals surface area contributed by atoms with Gasteiger partial charge in [-0.25, -0.2) is 8.42 Å². The van der Waals surface area contributed by atoms with Crippen LogP contribution in [0.3, 0.4) is 0 Å². The Morgan fingerprint density at radius 2 is 2.00 bits per heavy atom. The fourth-order valence-electron chi connectivity index (χ4n) is 1.60. The third-order valence-corrected chi connectivity index (χ3v) is 7.32. The number of hydrogen-bond acceptors (Lipinski definition) is 5. The lowest BCUT2D eigenvalue weighted by atomic mass is 10.5. The van der Waals surface area contributed by atoms with Crippen molar-refractivity contribution in [2.75, 3.05) is 24.6 Å². The maximum atomic E-state index is 12.2. The minimum absolute atomic E-state index is 0.325. The predicted molar refractivity (Wildman–Crippen MR) is 68.8 cm³/mol. The molecule has 2 N–H and O–H groups in total. The molecule has 0 aromatic carbocycles. The molecule has 2 heterocycles. The summed E-state index contributed by atoms with van der Waals surface area (Å²) < 4.78 is 37.4. The molecule has 1 saturated heterocycles. The van der Waals surface area contributed by atoms with E-state index in [9.17, 15) is 12.6 Å². The van der Waals surface area contributed by atoms with Gasteiger partial charge >= 0.3 is 0 Å². The second-order valence-electron chi connectivity index (χ2n) is 3.68. The minimum atomic E-state index is -3.41. The van der Waals surface area contributed by atoms with E-state index in [-0.39, 0.29) is 0 Å². The van der Waals surface area contributed by atoms with Crippen LogP contribution in [0.1, 0.15) is 4.88 Å². The highest BCUT2D eigenvalue weighted by Crippen LogP contribution is 2.25. The second kappa shape index (κ2) is 5.15. The molecule has 0 atom stereocenters. The first kappa shape index (κ1) is 13.2. The van der Waals surface area contributed by atoms with Gasteiger partial charge in [0, 0.05) is 46.8 Å². The average Bonchev–Trinajstić information content (AvgIpc) is 2.78. The monoisotopic (exact) mass is 294 g/mol. The lowest BCUT2D eigenvalue weighted by Gasteiger charge is -2.24. The molecule has 1 aliphatic heterocycles. The molecule has 8 heteroatoms. The van der Waals surface area contributed by atoms with Crippen LogP contribution >= 0.6 is 11.3 Å². The van der Waals surface area contributed by atoms with Gasteiger partial charge in [-0.2, -0.15) is 4.31 Å². The Balaban J connectivity index is 2.21. The predicted octanol–water partition coefficient (Wildman–Crippen LogP) is -0.0402. The van der Waals surface area contributed by atoms with Gasteiger partial charge in [0.25, 0.3) is 10.0 Å². The van der Waals surface area contributed by atoms with Crippen molar-refractivity contribution in [1.82, 2.24) is 4.31 Å². The molecule has 1 aromatic heterocycles. The molecule has 1 aromatic rings. The molecule has 0 spiro atoms. The van der Waals surface area contributed by atoms with Gasteiger partial charge in [0.15, 0.2) is 0 Å². The number of rotatable bonds is 3. The molecule has 0 bridgehead atoms. The highest BCUT2D eigenvalue weighted by molar-refractivity contribution is 7.91. The highest BCUT2D eigenvalue weighted by Gasteiger charge is 2.29. The normalized spacial score (nSPS) is 19.6. The Bertz CT molecular complexity index is 513. The summed E-state index contributed by atoms with van der Waals surface area (Å²) in [7, 11) is -4.28. The summed E-state index contributed by atoms with van der Waals surface area (Å²) >= 11 is 1.20. The van der Waals surface area contributed by atoms with Crippen LogP contribution in [0, 0.1) is 0 Å². The molecule has 0 aliphatic carbocycles. The summed E-state index contributed by atoms with van der Waals surface area (Å²) in [6.07, 6.45) is 0. The molecule has 5 nitrogen and oxygen atoms in total. The first-order chi connectivity index (χ1) is 8.04. The van der Waals surface area contributed by atoms with Gasteiger partial charge in [-0.05, 0) is 12.1 Å². The van der Waals surface area contributed by atoms with Gasteiger partial charge in [-0.1, -0.05) is 0 Å². The first-order valence-electron chi connectivity index (χ1n) is 5.18. The van der Waals surface area contributed by atoms with Crippen LogP contribution < -0.4 is 5.73 Å². The smallest absolute Gasteiger partial charge is 0.252 e. The van der Waals surface area contributed by atoms with Crippen molar-refractivity contribution in [2.45, 2.75) is 10.8 Å². The third-order valence-electron chi connectivity index (χ3n) is 2.57. The maximum Gasteiger partial charge on any atom is 0.252 e. The van der Waals surface area contributed by atoms with E-state index >= 15 is 0 Å². The van der Waals surface area contributed by atoms with E-state index in [0.717, 1.165) is 4.88 Å². The van der Waals surface area contributed by atoms with Crippen molar-refractivity contribution < 1.29 is 12.6 Å². The van der Waals surface area contributed by atoms with Crippen molar-refractivity contribution in [2.24, 2.45) is 5.73 Å². The van der Waals surface area contributed by atoms with Gasteiger partial charge < -0.3 is 5.73 Å². The van der Waals surface area contributed by atoms with Crippen molar-refractivity contribution >= 4 is 32.2 Å². The van der Waals surface area contributed by atoms with Gasteiger partial charge in [0.1, 0.15) is 4.21 Å². The second-order valence-corrected chi connectivity index (χ2v) is 8.71. The largest absolute Gasteiger partial charge is 0.326 e. The molecule has 1 fully saturated rings. The summed E-state index contributed by atoms with van der Waals surface area (Å²) in [6.45, 7) is 1.03. The highest BCUT2D eigenvalue weighted by atomic mass is 32.2. The fraction of sp³-hybridized carbons (Fsp3) is 0.556. The van der Waals surface area contributed by atoms with E-state index < -0.39 is 20.8 Å². The first-order valence-corrected chi connectivity index (χ1v) is 8.92.